The molecule has 0 atom stereocenters. The fourth-order valence-corrected chi connectivity index (χ4v) is 4.37. The Morgan fingerprint density at radius 1 is 1.07 bits per heavy atom. The molecular formula is C21H20N4O4S. The van der Waals surface area contributed by atoms with E-state index in [9.17, 15) is 14.9 Å². The van der Waals surface area contributed by atoms with E-state index in [4.69, 9.17) is 4.74 Å². The molecule has 2 aromatic rings. The van der Waals surface area contributed by atoms with Crippen molar-refractivity contribution in [2.75, 3.05) is 38.2 Å². The van der Waals surface area contributed by atoms with Crippen LogP contribution in [0.1, 0.15) is 5.56 Å². The summed E-state index contributed by atoms with van der Waals surface area (Å²) in [6.45, 7) is 2.52. The minimum Gasteiger partial charge on any atom is -0.497 e. The number of amidine groups is 1. The number of ether oxygens (including phenoxy) is 1. The van der Waals surface area contributed by atoms with Gasteiger partial charge in [-0.05, 0) is 41.6 Å². The number of thioether (sulfide) groups is 1. The second kappa shape index (κ2) is 8.58. The number of hydrogen-bond donors (Lipinski definition) is 0. The first-order valence-corrected chi connectivity index (χ1v) is 10.3. The highest BCUT2D eigenvalue weighted by Crippen LogP contribution is 2.32. The van der Waals surface area contributed by atoms with E-state index in [-0.39, 0.29) is 16.5 Å². The van der Waals surface area contributed by atoms with Gasteiger partial charge in [-0.15, -0.1) is 0 Å². The van der Waals surface area contributed by atoms with E-state index in [2.05, 4.69) is 9.89 Å². The number of carbonyl (C=O) groups excluding carboxylic acids is 1. The molecule has 0 unspecified atom stereocenters. The number of carbonyl (C=O) groups is 1. The van der Waals surface area contributed by atoms with Crippen molar-refractivity contribution in [3.63, 3.8) is 0 Å². The maximum atomic E-state index is 12.3. The van der Waals surface area contributed by atoms with Crippen LogP contribution in [0.4, 0.5) is 11.4 Å². The zero-order valence-corrected chi connectivity index (χ0v) is 17.2. The largest absolute Gasteiger partial charge is 0.497 e. The predicted molar refractivity (Wildman–Crippen MR) is 118 cm³/mol. The lowest BCUT2D eigenvalue weighted by Crippen LogP contribution is -2.48. The van der Waals surface area contributed by atoms with Crippen LogP contribution in [0.2, 0.25) is 0 Å². The van der Waals surface area contributed by atoms with Crippen molar-refractivity contribution < 1.29 is 14.5 Å². The average Bonchev–Trinajstić information content (AvgIpc) is 3.14. The molecule has 1 saturated heterocycles. The van der Waals surface area contributed by atoms with Gasteiger partial charge in [0.2, 0.25) is 0 Å². The molecule has 1 amide bonds. The summed E-state index contributed by atoms with van der Waals surface area (Å²) in [5, 5.41) is 12.0. The van der Waals surface area contributed by atoms with Gasteiger partial charge in [-0.3, -0.25) is 14.9 Å². The number of nitro benzene ring substituents is 1. The zero-order valence-electron chi connectivity index (χ0n) is 16.4. The van der Waals surface area contributed by atoms with E-state index in [1.54, 1.807) is 25.3 Å². The first-order valence-electron chi connectivity index (χ1n) is 9.45. The van der Waals surface area contributed by atoms with Crippen LogP contribution in [0.3, 0.4) is 0 Å². The van der Waals surface area contributed by atoms with E-state index < -0.39 is 0 Å². The van der Waals surface area contributed by atoms with E-state index in [0.717, 1.165) is 11.3 Å². The van der Waals surface area contributed by atoms with Crippen LogP contribution in [0.5, 0.6) is 5.75 Å². The Bertz CT molecular complexity index is 1030. The number of amides is 1. The molecule has 1 fully saturated rings. The van der Waals surface area contributed by atoms with Gasteiger partial charge in [0.15, 0.2) is 5.17 Å². The highest BCUT2D eigenvalue weighted by atomic mass is 32.2. The number of para-hydroxylation sites is 2. The lowest BCUT2D eigenvalue weighted by atomic mass is 10.2. The van der Waals surface area contributed by atoms with Crippen molar-refractivity contribution >= 4 is 40.3 Å². The number of methoxy groups -OCH3 is 1. The smallest absolute Gasteiger partial charge is 0.292 e. The highest BCUT2D eigenvalue weighted by molar-refractivity contribution is 8.18. The molecular weight excluding hydrogens is 404 g/mol. The van der Waals surface area contributed by atoms with Gasteiger partial charge >= 0.3 is 0 Å². The summed E-state index contributed by atoms with van der Waals surface area (Å²) in [6.07, 6.45) is 1.83. The van der Waals surface area contributed by atoms with Gasteiger partial charge in [-0.1, -0.05) is 24.3 Å². The zero-order chi connectivity index (χ0) is 21.1. The van der Waals surface area contributed by atoms with Crippen LogP contribution in [-0.4, -0.2) is 54.2 Å². The lowest BCUT2D eigenvalue weighted by Gasteiger charge is -2.36. The maximum absolute atomic E-state index is 12.3. The Balaban J connectivity index is 1.41. The summed E-state index contributed by atoms with van der Waals surface area (Å²) >= 11 is 1.36. The van der Waals surface area contributed by atoms with Gasteiger partial charge < -0.3 is 14.5 Å². The fraction of sp³-hybridized carbons (Fsp3) is 0.238. The van der Waals surface area contributed by atoms with Crippen LogP contribution >= 0.6 is 11.8 Å². The number of piperazine rings is 1. The number of anilines is 1. The second-order valence-electron chi connectivity index (χ2n) is 6.80. The molecule has 9 heteroatoms. The van der Waals surface area contributed by atoms with Crippen LogP contribution in [-0.2, 0) is 4.79 Å². The van der Waals surface area contributed by atoms with Crippen molar-refractivity contribution in [2.45, 2.75) is 0 Å². The molecule has 0 spiro atoms. The van der Waals surface area contributed by atoms with Crippen molar-refractivity contribution in [3.05, 3.63) is 69.1 Å². The summed E-state index contributed by atoms with van der Waals surface area (Å²) in [5.41, 5.74) is 1.64. The second-order valence-corrected chi connectivity index (χ2v) is 7.81. The van der Waals surface area contributed by atoms with Crippen molar-refractivity contribution in [1.82, 2.24) is 4.90 Å². The average molecular weight is 424 g/mol. The molecule has 8 nitrogen and oxygen atoms in total. The fourth-order valence-electron chi connectivity index (χ4n) is 3.41. The topological polar surface area (TPSA) is 88.3 Å². The third-order valence-corrected chi connectivity index (χ3v) is 6.04. The van der Waals surface area contributed by atoms with Crippen LogP contribution in [0, 0.1) is 10.1 Å². The quantitative estimate of drug-likeness (QED) is 0.422. The van der Waals surface area contributed by atoms with Gasteiger partial charge in [0, 0.05) is 32.2 Å². The molecule has 2 heterocycles. The Hall–Kier alpha value is -3.33. The monoisotopic (exact) mass is 424 g/mol. The van der Waals surface area contributed by atoms with E-state index in [0.29, 0.717) is 41.9 Å². The number of benzene rings is 2. The van der Waals surface area contributed by atoms with Crippen molar-refractivity contribution in [2.24, 2.45) is 4.99 Å². The molecule has 0 aromatic heterocycles. The van der Waals surface area contributed by atoms with Gasteiger partial charge in [0.1, 0.15) is 11.4 Å². The molecule has 0 bridgehead atoms. The molecule has 30 heavy (non-hydrogen) atoms. The van der Waals surface area contributed by atoms with Gasteiger partial charge in [0.05, 0.1) is 16.9 Å². The normalized spacial score (nSPS) is 18.0. The number of aliphatic imine (C=N–C) groups is 1. The van der Waals surface area contributed by atoms with Crippen LogP contribution in [0.25, 0.3) is 6.08 Å². The minimum atomic E-state index is -0.354. The molecule has 0 radical (unpaired) electrons. The summed E-state index contributed by atoms with van der Waals surface area (Å²) in [5.74, 6) is 0.517. The Labute approximate surface area is 178 Å². The number of nitrogens with zero attached hydrogens (tertiary/aromatic N) is 4. The molecule has 2 aliphatic rings. The van der Waals surface area contributed by atoms with E-state index >= 15 is 0 Å². The van der Waals surface area contributed by atoms with Gasteiger partial charge in [-0.25, -0.2) is 0 Å². The van der Waals surface area contributed by atoms with E-state index in [1.807, 2.05) is 35.2 Å². The summed E-state index contributed by atoms with van der Waals surface area (Å²) in [4.78, 5) is 32.1. The Kier molecular flexibility index (Phi) is 5.71. The SMILES string of the molecule is COc1ccc(/C=C2/SC(N3CCN(c4ccccc4[N+](=O)[O-])CC3)=NC2=O)cc1. The molecule has 0 saturated carbocycles. The van der Waals surface area contributed by atoms with Gasteiger partial charge in [-0.2, -0.15) is 4.99 Å². The van der Waals surface area contributed by atoms with Crippen molar-refractivity contribution in [3.8, 4) is 5.75 Å². The van der Waals surface area contributed by atoms with Crippen LogP contribution < -0.4 is 9.64 Å². The summed E-state index contributed by atoms with van der Waals surface area (Å²) in [6, 6.07) is 14.2. The molecule has 154 valence electrons. The maximum Gasteiger partial charge on any atom is 0.292 e. The highest BCUT2D eigenvalue weighted by Gasteiger charge is 2.30. The Morgan fingerprint density at radius 2 is 1.73 bits per heavy atom. The lowest BCUT2D eigenvalue weighted by molar-refractivity contribution is -0.384. The molecule has 2 aliphatic heterocycles. The van der Waals surface area contributed by atoms with Crippen LogP contribution in [0.15, 0.2) is 58.4 Å². The molecule has 0 N–H and O–H groups in total. The molecule has 4 rings (SSSR count). The number of hydrogen-bond acceptors (Lipinski definition) is 7. The minimum absolute atomic E-state index is 0.110. The molecule has 2 aromatic carbocycles. The number of rotatable bonds is 4. The molecule has 0 aliphatic carbocycles. The summed E-state index contributed by atoms with van der Waals surface area (Å²) < 4.78 is 5.15. The number of nitro groups is 1. The third-order valence-electron chi connectivity index (χ3n) is 4.99. The first-order chi connectivity index (χ1) is 14.5. The standard InChI is InChI=1S/C21H20N4O4S/c1-29-16-8-6-15(7-9-16)14-19-20(26)22-21(30-19)24-12-10-23(11-13-24)17-4-2-3-5-18(17)25(27)28/h2-9,14H,10-13H2,1H3/b19-14+. The van der Waals surface area contributed by atoms with Crippen molar-refractivity contribution in [1.29, 1.82) is 0 Å². The third kappa shape index (κ3) is 4.16. The van der Waals surface area contributed by atoms with Gasteiger partial charge in [0.25, 0.3) is 11.6 Å². The predicted octanol–water partition coefficient (Wildman–Crippen LogP) is 3.40. The van der Waals surface area contributed by atoms with E-state index in [1.165, 1.54) is 17.8 Å². The Morgan fingerprint density at radius 3 is 2.40 bits per heavy atom. The first kappa shape index (κ1) is 20.0. The summed E-state index contributed by atoms with van der Waals surface area (Å²) in [7, 11) is 1.61.